The monoisotopic (exact) mass is 516 g/mol. The molecule has 182 valence electrons. The summed E-state index contributed by atoms with van der Waals surface area (Å²) in [7, 11) is 0. The highest BCUT2D eigenvalue weighted by atomic mass is 35.5. The summed E-state index contributed by atoms with van der Waals surface area (Å²) in [6.07, 6.45) is 6.19. The van der Waals surface area contributed by atoms with Crippen LogP contribution < -0.4 is 4.90 Å². The first-order valence-corrected chi connectivity index (χ1v) is 12.3. The summed E-state index contributed by atoms with van der Waals surface area (Å²) in [5.41, 5.74) is 3.70. The highest BCUT2D eigenvalue weighted by Crippen LogP contribution is 2.31. The van der Waals surface area contributed by atoms with Crippen molar-refractivity contribution in [1.29, 1.82) is 0 Å². The van der Waals surface area contributed by atoms with Gasteiger partial charge in [0.15, 0.2) is 10.9 Å². The third-order valence-electron chi connectivity index (χ3n) is 5.87. The van der Waals surface area contributed by atoms with Crippen LogP contribution in [-0.4, -0.2) is 32.8 Å². The smallest absolute Gasteiger partial charge is 0.260 e. The largest absolute Gasteiger partial charge is 0.337 e. The highest BCUT2D eigenvalue weighted by molar-refractivity contribution is 7.22. The molecule has 1 amide bonds. The summed E-state index contributed by atoms with van der Waals surface area (Å²) in [4.78, 5) is 37.0. The van der Waals surface area contributed by atoms with E-state index in [1.165, 1.54) is 11.3 Å². The molecule has 0 bridgehead atoms. The average Bonchev–Trinajstić information content (AvgIpc) is 3.57. The summed E-state index contributed by atoms with van der Waals surface area (Å²) < 4.78 is 3.05. The van der Waals surface area contributed by atoms with E-state index in [1.807, 2.05) is 54.1 Å². The molecule has 36 heavy (non-hydrogen) atoms. The number of thiazole rings is 1. The fourth-order valence-electron chi connectivity index (χ4n) is 3.98. The van der Waals surface area contributed by atoms with Crippen LogP contribution in [0.4, 0.5) is 5.13 Å². The van der Waals surface area contributed by atoms with Gasteiger partial charge in [-0.25, -0.2) is 9.97 Å². The van der Waals surface area contributed by atoms with Crippen LogP contribution in [0.3, 0.4) is 0 Å². The van der Waals surface area contributed by atoms with E-state index in [-0.39, 0.29) is 24.1 Å². The number of hydrogen-bond donors (Lipinski definition) is 0. The summed E-state index contributed by atoms with van der Waals surface area (Å²) in [5.74, 6) is -0.200. The van der Waals surface area contributed by atoms with Crippen molar-refractivity contribution >= 4 is 50.8 Å². The second-order valence-corrected chi connectivity index (χ2v) is 9.31. The Labute approximate surface area is 219 Å². The van der Waals surface area contributed by atoms with Gasteiger partial charge in [0.1, 0.15) is 0 Å². The van der Waals surface area contributed by atoms with E-state index < -0.39 is 0 Å². The normalized spacial score (nSPS) is 10.7. The Morgan fingerprint density at radius 2 is 1.64 bits per heavy atom. The minimum absolute atomic E-state index is 0. The molecule has 0 fully saturated rings. The first-order chi connectivity index (χ1) is 17.1. The minimum atomic E-state index is -0.133. The molecule has 0 N–H and O–H groups in total. The highest BCUT2D eigenvalue weighted by Gasteiger charge is 2.22. The molecule has 2 heterocycles. The lowest BCUT2D eigenvalue weighted by Gasteiger charge is -2.20. The van der Waals surface area contributed by atoms with Crippen molar-refractivity contribution in [3.8, 4) is 0 Å². The number of para-hydroxylation sites is 1. The van der Waals surface area contributed by atoms with Gasteiger partial charge in [-0.05, 0) is 37.1 Å². The quantitative estimate of drug-likeness (QED) is 0.230. The molecule has 5 aromatic rings. The van der Waals surface area contributed by atoms with E-state index in [0.29, 0.717) is 28.4 Å². The number of anilines is 1. The predicted molar refractivity (Wildman–Crippen MR) is 146 cm³/mol. The average molecular weight is 517 g/mol. The molecule has 0 unspecified atom stereocenters. The fraction of sp³-hybridized carbons (Fsp3) is 0.143. The number of fused-ring (bicyclic) bond motifs is 1. The lowest BCUT2D eigenvalue weighted by atomic mass is 10.0. The van der Waals surface area contributed by atoms with Crippen molar-refractivity contribution in [1.82, 2.24) is 14.5 Å². The number of carbonyl (C=O) groups is 2. The van der Waals surface area contributed by atoms with E-state index in [1.54, 1.807) is 53.8 Å². The topological polar surface area (TPSA) is 68.1 Å². The number of nitrogens with zero attached hydrogens (tertiary/aromatic N) is 4. The van der Waals surface area contributed by atoms with Gasteiger partial charge in [0.25, 0.3) is 5.91 Å². The van der Waals surface area contributed by atoms with E-state index >= 15 is 0 Å². The van der Waals surface area contributed by atoms with Crippen LogP contribution in [0.1, 0.15) is 38.3 Å². The SMILES string of the molecule is Cc1cccc2sc(N(CCCn3ccnc3)C(=O)c3ccc(C(=O)c4ccccc4)cc3)nc12.Cl. The zero-order chi connectivity index (χ0) is 24.2. The minimum Gasteiger partial charge on any atom is -0.337 e. The molecule has 0 aliphatic rings. The Bertz CT molecular complexity index is 1470. The number of rotatable bonds is 8. The Balaban J connectivity index is 0.00000304. The molecule has 8 heteroatoms. The van der Waals surface area contributed by atoms with Gasteiger partial charge in [0.2, 0.25) is 0 Å². The molecule has 0 atom stereocenters. The van der Waals surface area contributed by atoms with Gasteiger partial charge in [-0.1, -0.05) is 65.9 Å². The summed E-state index contributed by atoms with van der Waals surface area (Å²) in [6.45, 7) is 3.29. The molecule has 0 aliphatic heterocycles. The van der Waals surface area contributed by atoms with Gasteiger partial charge in [-0.3, -0.25) is 14.5 Å². The van der Waals surface area contributed by atoms with E-state index in [4.69, 9.17) is 4.98 Å². The van der Waals surface area contributed by atoms with Gasteiger partial charge in [-0.2, -0.15) is 0 Å². The van der Waals surface area contributed by atoms with Crippen LogP contribution in [-0.2, 0) is 6.54 Å². The van der Waals surface area contributed by atoms with Crippen LogP contribution in [0.25, 0.3) is 10.2 Å². The van der Waals surface area contributed by atoms with Crippen molar-refractivity contribution in [2.75, 3.05) is 11.4 Å². The number of ketones is 1. The maximum absolute atomic E-state index is 13.6. The van der Waals surface area contributed by atoms with E-state index in [9.17, 15) is 9.59 Å². The third kappa shape index (κ3) is 5.37. The Kier molecular flexibility index (Phi) is 7.93. The lowest BCUT2D eigenvalue weighted by Crippen LogP contribution is -2.32. The van der Waals surface area contributed by atoms with Crippen LogP contribution in [0, 0.1) is 6.92 Å². The number of amides is 1. The van der Waals surface area contributed by atoms with Crippen LogP contribution in [0.15, 0.2) is 91.5 Å². The molecule has 0 saturated carbocycles. The predicted octanol–water partition coefficient (Wildman–Crippen LogP) is 6.19. The van der Waals surface area contributed by atoms with Gasteiger partial charge in [-0.15, -0.1) is 12.4 Å². The first kappa shape index (κ1) is 25.3. The number of imidazole rings is 1. The zero-order valence-corrected chi connectivity index (χ0v) is 21.3. The number of aromatic nitrogens is 3. The van der Waals surface area contributed by atoms with Crippen molar-refractivity contribution in [3.05, 3.63) is 114 Å². The lowest BCUT2D eigenvalue weighted by molar-refractivity contribution is 0.0984. The van der Waals surface area contributed by atoms with Gasteiger partial charge >= 0.3 is 0 Å². The molecule has 6 nitrogen and oxygen atoms in total. The molecular weight excluding hydrogens is 492 g/mol. The van der Waals surface area contributed by atoms with Crippen molar-refractivity contribution < 1.29 is 9.59 Å². The van der Waals surface area contributed by atoms with Gasteiger partial charge in [0, 0.05) is 42.2 Å². The molecule has 0 saturated heterocycles. The second-order valence-electron chi connectivity index (χ2n) is 8.30. The molecular formula is C28H25ClN4O2S. The van der Waals surface area contributed by atoms with Gasteiger partial charge in [0.05, 0.1) is 16.5 Å². The Morgan fingerprint density at radius 3 is 2.33 bits per heavy atom. The van der Waals surface area contributed by atoms with Crippen molar-refractivity contribution in [3.63, 3.8) is 0 Å². The molecule has 2 aromatic heterocycles. The second kappa shape index (κ2) is 11.3. The number of carbonyl (C=O) groups excluding carboxylic acids is 2. The summed E-state index contributed by atoms with van der Waals surface area (Å²) in [6, 6.07) is 22.1. The Hall–Kier alpha value is -3.81. The zero-order valence-electron chi connectivity index (χ0n) is 19.7. The Morgan fingerprint density at radius 1 is 0.917 bits per heavy atom. The third-order valence-corrected chi connectivity index (χ3v) is 6.92. The van der Waals surface area contributed by atoms with Crippen molar-refractivity contribution in [2.24, 2.45) is 0 Å². The summed E-state index contributed by atoms with van der Waals surface area (Å²) >= 11 is 1.52. The maximum atomic E-state index is 13.6. The van der Waals surface area contributed by atoms with Gasteiger partial charge < -0.3 is 4.57 Å². The molecule has 3 aromatic carbocycles. The molecule has 0 spiro atoms. The number of halogens is 1. The number of hydrogen-bond acceptors (Lipinski definition) is 5. The maximum Gasteiger partial charge on any atom is 0.260 e. The van der Waals surface area contributed by atoms with Crippen molar-refractivity contribution in [2.45, 2.75) is 19.9 Å². The summed E-state index contributed by atoms with van der Waals surface area (Å²) in [5, 5.41) is 0.675. The molecule has 5 rings (SSSR count). The van der Waals surface area contributed by atoms with Crippen LogP contribution >= 0.6 is 23.7 Å². The standard InChI is InChI=1S/C28H24N4O2S.ClH/c1-20-7-5-10-24-25(20)30-28(35-24)32(17-6-16-31-18-15-29-19-31)27(34)23-13-11-22(12-14-23)26(33)21-8-3-2-4-9-21;/h2-5,7-15,18-19H,6,16-17H2,1H3;1H. The van der Waals surface area contributed by atoms with Crippen LogP contribution in [0.2, 0.25) is 0 Å². The van der Waals surface area contributed by atoms with E-state index in [2.05, 4.69) is 4.98 Å². The number of aryl methyl sites for hydroxylation is 2. The first-order valence-electron chi connectivity index (χ1n) is 11.4. The molecule has 0 radical (unpaired) electrons. The fourth-order valence-corrected chi connectivity index (χ4v) is 5.05. The number of benzene rings is 3. The molecule has 0 aliphatic carbocycles. The van der Waals surface area contributed by atoms with E-state index in [0.717, 1.165) is 28.7 Å². The van der Waals surface area contributed by atoms with Crippen LogP contribution in [0.5, 0.6) is 0 Å².